The highest BCUT2D eigenvalue weighted by molar-refractivity contribution is 5.78. The van der Waals surface area contributed by atoms with Crippen molar-refractivity contribution in [1.29, 1.82) is 0 Å². The number of anilines is 2. The lowest BCUT2D eigenvalue weighted by atomic mass is 10.00. The van der Waals surface area contributed by atoms with Gasteiger partial charge in [0.05, 0.1) is 5.56 Å². The number of allylic oxidation sites excluding steroid dienone is 1. The monoisotopic (exact) mass is 206 g/mol. The predicted octanol–water partition coefficient (Wildman–Crippen LogP) is 0.595. The van der Waals surface area contributed by atoms with Gasteiger partial charge in [0.2, 0.25) is 5.95 Å². The van der Waals surface area contributed by atoms with Gasteiger partial charge in [0, 0.05) is 13.6 Å². The van der Waals surface area contributed by atoms with Crippen molar-refractivity contribution >= 4 is 17.3 Å². The number of nitrogens with one attached hydrogen (secondary N) is 1. The fourth-order valence-corrected chi connectivity index (χ4v) is 1.86. The maximum Gasteiger partial charge on any atom is 0.261 e. The molecule has 3 N–H and O–H groups in total. The SMILES string of the molecule is CC1=C(C)c2c(nc(N)[nH]c2=O)N(C)C1. The zero-order valence-corrected chi connectivity index (χ0v) is 9.09. The molecule has 1 aliphatic rings. The number of rotatable bonds is 0. The number of aromatic nitrogens is 2. The van der Waals surface area contributed by atoms with Gasteiger partial charge in [-0.2, -0.15) is 4.98 Å². The molecule has 15 heavy (non-hydrogen) atoms. The highest BCUT2D eigenvalue weighted by Gasteiger charge is 2.22. The minimum atomic E-state index is -0.166. The van der Waals surface area contributed by atoms with Crippen molar-refractivity contribution in [2.24, 2.45) is 0 Å². The molecule has 0 saturated carbocycles. The Labute approximate surface area is 87.6 Å². The van der Waals surface area contributed by atoms with E-state index in [9.17, 15) is 4.79 Å². The molecule has 0 fully saturated rings. The molecule has 0 unspecified atom stereocenters. The molecule has 0 spiro atoms. The Balaban J connectivity index is 2.79. The standard InChI is InChI=1S/C10H14N4O/c1-5-4-14(3)8-7(6(5)2)9(15)13-10(11)12-8/h4H2,1-3H3,(H3,11,12,13,15). The van der Waals surface area contributed by atoms with Gasteiger partial charge in [-0.3, -0.25) is 9.78 Å². The lowest BCUT2D eigenvalue weighted by molar-refractivity contribution is 0.913. The highest BCUT2D eigenvalue weighted by atomic mass is 16.1. The number of likely N-dealkylation sites (N-methyl/N-ethyl adjacent to an activating group) is 1. The van der Waals surface area contributed by atoms with Crippen molar-refractivity contribution in [3.05, 3.63) is 21.5 Å². The highest BCUT2D eigenvalue weighted by Crippen LogP contribution is 2.29. The number of H-pyrrole nitrogens is 1. The number of hydrogen-bond donors (Lipinski definition) is 2. The molecular formula is C10H14N4O. The summed E-state index contributed by atoms with van der Waals surface area (Å²) in [5.41, 5.74) is 8.16. The average Bonchev–Trinajstić information content (AvgIpc) is 2.13. The van der Waals surface area contributed by atoms with Crippen molar-refractivity contribution < 1.29 is 0 Å². The largest absolute Gasteiger partial charge is 0.369 e. The molecule has 2 heterocycles. The number of nitrogens with zero attached hydrogens (tertiary/aromatic N) is 2. The summed E-state index contributed by atoms with van der Waals surface area (Å²) >= 11 is 0. The van der Waals surface area contributed by atoms with Crippen LogP contribution in [0.5, 0.6) is 0 Å². The van der Waals surface area contributed by atoms with Crippen LogP contribution in [-0.4, -0.2) is 23.6 Å². The first-order valence-corrected chi connectivity index (χ1v) is 4.78. The Morgan fingerprint density at radius 3 is 2.80 bits per heavy atom. The normalized spacial score (nSPS) is 15.5. The number of nitrogens with two attached hydrogens (primary N) is 1. The van der Waals surface area contributed by atoms with E-state index in [1.165, 1.54) is 5.57 Å². The molecule has 0 bridgehead atoms. The second-order valence-corrected chi connectivity index (χ2v) is 3.91. The Hall–Kier alpha value is -1.78. The first kappa shape index (κ1) is 9.76. The van der Waals surface area contributed by atoms with E-state index < -0.39 is 0 Å². The first-order valence-electron chi connectivity index (χ1n) is 4.78. The first-order chi connectivity index (χ1) is 7.00. The summed E-state index contributed by atoms with van der Waals surface area (Å²) in [6.07, 6.45) is 0. The zero-order valence-electron chi connectivity index (χ0n) is 9.09. The third kappa shape index (κ3) is 1.40. The van der Waals surface area contributed by atoms with Crippen molar-refractivity contribution in [3.63, 3.8) is 0 Å². The van der Waals surface area contributed by atoms with Gasteiger partial charge in [-0.15, -0.1) is 0 Å². The molecule has 1 aliphatic heterocycles. The Morgan fingerprint density at radius 1 is 1.47 bits per heavy atom. The number of hydrogen-bond acceptors (Lipinski definition) is 4. The summed E-state index contributed by atoms with van der Waals surface area (Å²) in [5, 5.41) is 0. The van der Waals surface area contributed by atoms with Crippen LogP contribution in [0.3, 0.4) is 0 Å². The molecule has 5 nitrogen and oxygen atoms in total. The van der Waals surface area contributed by atoms with Gasteiger partial charge in [-0.05, 0) is 19.4 Å². The van der Waals surface area contributed by atoms with Crippen LogP contribution in [0.1, 0.15) is 19.4 Å². The van der Waals surface area contributed by atoms with Gasteiger partial charge in [0.15, 0.2) is 0 Å². The lowest BCUT2D eigenvalue weighted by Gasteiger charge is -2.27. The molecule has 5 heteroatoms. The van der Waals surface area contributed by atoms with Crippen molar-refractivity contribution in [3.8, 4) is 0 Å². The number of aromatic amines is 1. The molecule has 0 aromatic carbocycles. The van der Waals surface area contributed by atoms with Crippen molar-refractivity contribution in [2.75, 3.05) is 24.2 Å². The van der Waals surface area contributed by atoms with Crippen LogP contribution in [0.15, 0.2) is 10.4 Å². The topological polar surface area (TPSA) is 75.0 Å². The number of fused-ring (bicyclic) bond motifs is 1. The van der Waals surface area contributed by atoms with Gasteiger partial charge < -0.3 is 10.6 Å². The maximum absolute atomic E-state index is 11.7. The summed E-state index contributed by atoms with van der Waals surface area (Å²) in [5.74, 6) is 0.831. The van der Waals surface area contributed by atoms with E-state index in [0.29, 0.717) is 11.4 Å². The molecule has 0 aliphatic carbocycles. The minimum Gasteiger partial charge on any atom is -0.369 e. The smallest absolute Gasteiger partial charge is 0.261 e. The summed E-state index contributed by atoms with van der Waals surface area (Å²) in [6, 6.07) is 0. The van der Waals surface area contributed by atoms with E-state index in [0.717, 1.165) is 12.1 Å². The summed E-state index contributed by atoms with van der Waals surface area (Å²) in [7, 11) is 1.90. The molecule has 0 atom stereocenters. The van der Waals surface area contributed by atoms with Gasteiger partial charge in [0.25, 0.3) is 5.56 Å². The Bertz CT molecular complexity index is 501. The zero-order chi connectivity index (χ0) is 11.2. The fraction of sp³-hybridized carbons (Fsp3) is 0.400. The summed E-state index contributed by atoms with van der Waals surface area (Å²) < 4.78 is 0. The summed E-state index contributed by atoms with van der Waals surface area (Å²) in [6.45, 7) is 4.74. The fourth-order valence-electron chi connectivity index (χ4n) is 1.86. The molecule has 1 aromatic rings. The average molecular weight is 206 g/mol. The van der Waals surface area contributed by atoms with Crippen LogP contribution in [0.2, 0.25) is 0 Å². The van der Waals surface area contributed by atoms with Crippen molar-refractivity contribution in [2.45, 2.75) is 13.8 Å². The Kier molecular flexibility index (Phi) is 2.03. The molecule has 80 valence electrons. The molecule has 0 amide bonds. The van der Waals surface area contributed by atoms with Crippen molar-refractivity contribution in [1.82, 2.24) is 9.97 Å². The van der Waals surface area contributed by atoms with E-state index in [-0.39, 0.29) is 11.5 Å². The van der Waals surface area contributed by atoms with Crippen LogP contribution in [0.4, 0.5) is 11.8 Å². The summed E-state index contributed by atoms with van der Waals surface area (Å²) in [4.78, 5) is 20.4. The second kappa shape index (κ2) is 3.12. The van der Waals surface area contributed by atoms with Gasteiger partial charge in [0.1, 0.15) is 5.82 Å². The van der Waals surface area contributed by atoms with Crippen LogP contribution in [0.25, 0.3) is 5.57 Å². The van der Waals surface area contributed by atoms with E-state index in [1.807, 2.05) is 25.8 Å². The predicted molar refractivity (Wildman–Crippen MR) is 60.8 cm³/mol. The molecule has 1 aromatic heterocycles. The molecule has 2 rings (SSSR count). The van der Waals surface area contributed by atoms with E-state index in [1.54, 1.807) is 0 Å². The third-order valence-corrected chi connectivity index (χ3v) is 2.77. The quantitative estimate of drug-likeness (QED) is 0.651. The molecule has 0 radical (unpaired) electrons. The minimum absolute atomic E-state index is 0.165. The maximum atomic E-state index is 11.7. The van der Waals surface area contributed by atoms with E-state index in [2.05, 4.69) is 9.97 Å². The van der Waals surface area contributed by atoms with Gasteiger partial charge in [-0.1, -0.05) is 5.57 Å². The molecular weight excluding hydrogens is 192 g/mol. The van der Waals surface area contributed by atoms with Gasteiger partial charge >= 0.3 is 0 Å². The van der Waals surface area contributed by atoms with E-state index in [4.69, 9.17) is 5.73 Å². The molecule has 0 saturated heterocycles. The van der Waals surface area contributed by atoms with Crippen LogP contribution in [-0.2, 0) is 0 Å². The van der Waals surface area contributed by atoms with Crippen LogP contribution >= 0.6 is 0 Å². The lowest BCUT2D eigenvalue weighted by Crippen LogP contribution is -2.31. The Morgan fingerprint density at radius 2 is 2.13 bits per heavy atom. The van der Waals surface area contributed by atoms with Crippen LogP contribution in [0, 0.1) is 0 Å². The van der Waals surface area contributed by atoms with E-state index >= 15 is 0 Å². The second-order valence-electron chi connectivity index (χ2n) is 3.91. The van der Waals surface area contributed by atoms with Crippen LogP contribution < -0.4 is 16.2 Å². The van der Waals surface area contributed by atoms with Gasteiger partial charge in [-0.25, -0.2) is 0 Å². The third-order valence-electron chi connectivity index (χ3n) is 2.77. The number of nitrogen functional groups attached to an aromatic ring is 1.